The molecule has 0 aromatic heterocycles. The van der Waals surface area contributed by atoms with Crippen molar-refractivity contribution in [2.45, 2.75) is 52.7 Å². The highest BCUT2D eigenvalue weighted by molar-refractivity contribution is 8.00. The van der Waals surface area contributed by atoms with Crippen molar-refractivity contribution in [3.63, 3.8) is 0 Å². The lowest BCUT2D eigenvalue weighted by Crippen LogP contribution is -2.47. The summed E-state index contributed by atoms with van der Waals surface area (Å²) in [7, 11) is -3.93. The summed E-state index contributed by atoms with van der Waals surface area (Å²) in [5.41, 5.74) is 4.96. The van der Waals surface area contributed by atoms with Gasteiger partial charge in [0, 0.05) is 35.7 Å². The van der Waals surface area contributed by atoms with Crippen LogP contribution in [0.2, 0.25) is 0 Å². The van der Waals surface area contributed by atoms with E-state index in [4.69, 9.17) is 5.73 Å². The Morgan fingerprint density at radius 2 is 1.86 bits per heavy atom. The number of halogens is 3. The van der Waals surface area contributed by atoms with E-state index >= 15 is 0 Å². The van der Waals surface area contributed by atoms with Crippen molar-refractivity contribution < 1.29 is 31.5 Å². The lowest BCUT2D eigenvalue weighted by Gasteiger charge is -2.38. The van der Waals surface area contributed by atoms with Gasteiger partial charge in [0.15, 0.2) is 0 Å². The molecule has 2 aliphatic heterocycles. The van der Waals surface area contributed by atoms with Crippen LogP contribution in [0.1, 0.15) is 36.0 Å². The maximum Gasteiger partial charge on any atom is 0.389 e. The summed E-state index contributed by atoms with van der Waals surface area (Å²) in [6.45, 7) is 0.266. The Bertz CT molecular complexity index is 1200. The van der Waals surface area contributed by atoms with Crippen LogP contribution in [0.5, 0.6) is 0 Å². The summed E-state index contributed by atoms with van der Waals surface area (Å²) < 4.78 is 65.8. The first-order chi connectivity index (χ1) is 16.4. The number of alkyl halides is 3. The van der Waals surface area contributed by atoms with Crippen molar-refractivity contribution in [2.75, 3.05) is 23.1 Å². The van der Waals surface area contributed by atoms with Crippen molar-refractivity contribution in [1.29, 1.82) is 0 Å². The number of benzene rings is 2. The third kappa shape index (κ3) is 6.02. The molecular weight excluding hydrogens is 505 g/mol. The fourth-order valence-electron chi connectivity index (χ4n) is 4.11. The first-order valence-corrected chi connectivity index (χ1v) is 13.2. The molecule has 0 aliphatic carbocycles. The molecule has 2 aromatic carbocycles. The molecule has 2 aromatic rings. The number of carbonyl (C=O) groups is 1. The fourth-order valence-corrected chi connectivity index (χ4v) is 6.32. The Balaban J connectivity index is 1.38. The van der Waals surface area contributed by atoms with Crippen LogP contribution in [0.3, 0.4) is 0 Å². The zero-order valence-electron chi connectivity index (χ0n) is 18.5. The summed E-state index contributed by atoms with van der Waals surface area (Å²) in [5.74, 6) is -0.339. The second kappa shape index (κ2) is 9.52. The number of thioether (sulfide) groups is 1. The smallest absolute Gasteiger partial charge is 0.389 e. The number of piperidine rings is 1. The van der Waals surface area contributed by atoms with E-state index in [1.54, 1.807) is 12.1 Å². The van der Waals surface area contributed by atoms with E-state index in [0.29, 0.717) is 11.3 Å². The normalized spacial score (nSPS) is 19.7. The molecule has 0 spiro atoms. The minimum atomic E-state index is -4.34. The van der Waals surface area contributed by atoms with E-state index in [0.717, 1.165) is 4.90 Å². The minimum absolute atomic E-state index is 0.0573. The van der Waals surface area contributed by atoms with Crippen LogP contribution in [0.4, 0.5) is 24.5 Å². The Labute approximate surface area is 205 Å². The van der Waals surface area contributed by atoms with Crippen LogP contribution in [-0.2, 0) is 10.0 Å². The van der Waals surface area contributed by atoms with E-state index in [-0.39, 0.29) is 42.4 Å². The van der Waals surface area contributed by atoms with Crippen LogP contribution >= 0.6 is 11.8 Å². The lowest BCUT2D eigenvalue weighted by atomic mass is 9.86. The van der Waals surface area contributed by atoms with Crippen molar-refractivity contribution >= 4 is 39.1 Å². The molecule has 1 unspecified atom stereocenters. The molecule has 5 N–H and O–H groups in total. The Hall–Kier alpha value is -2.48. The highest BCUT2D eigenvalue weighted by Crippen LogP contribution is 2.41. The van der Waals surface area contributed by atoms with Crippen LogP contribution < -0.4 is 15.8 Å². The van der Waals surface area contributed by atoms with Crippen molar-refractivity contribution in [1.82, 2.24) is 4.90 Å². The molecule has 4 rings (SSSR count). The zero-order valence-corrected chi connectivity index (χ0v) is 20.1. The fraction of sp³-hybridized carbons (Fsp3) is 0.409. The Kier molecular flexibility index (Phi) is 6.97. The minimum Gasteiger partial charge on any atom is -0.390 e. The molecule has 0 bridgehead atoms. The highest BCUT2D eigenvalue weighted by atomic mass is 32.2. The number of rotatable bonds is 6. The number of nitrogens with zero attached hydrogens (tertiary/aromatic N) is 1. The molecule has 0 radical (unpaired) electrons. The van der Waals surface area contributed by atoms with E-state index in [1.165, 1.54) is 47.0 Å². The van der Waals surface area contributed by atoms with Gasteiger partial charge in [0.1, 0.15) is 10.4 Å². The van der Waals surface area contributed by atoms with Gasteiger partial charge in [-0.05, 0) is 55.7 Å². The van der Waals surface area contributed by atoms with Crippen molar-refractivity contribution in [3.05, 3.63) is 48.0 Å². The van der Waals surface area contributed by atoms with Crippen molar-refractivity contribution in [3.8, 4) is 0 Å². The van der Waals surface area contributed by atoms with Crippen LogP contribution in [0, 0.1) is 0 Å². The number of likely N-dealkylation sites (tertiary alicyclic amines) is 1. The number of aliphatic hydroxyl groups is 1. The number of hydrogen-bond donors (Lipinski definition) is 4. The average Bonchev–Trinajstić information content (AvgIpc) is 3.18. The zero-order chi connectivity index (χ0) is 25.4. The molecule has 1 saturated heterocycles. The van der Waals surface area contributed by atoms with E-state index in [2.05, 4.69) is 10.0 Å². The molecule has 1 fully saturated rings. The molecule has 190 valence electrons. The number of amides is 1. The van der Waals surface area contributed by atoms with E-state index < -0.39 is 40.1 Å². The van der Waals surface area contributed by atoms with Gasteiger partial charge in [0.25, 0.3) is 15.9 Å². The van der Waals surface area contributed by atoms with Gasteiger partial charge in [-0.3, -0.25) is 9.52 Å². The van der Waals surface area contributed by atoms with Gasteiger partial charge in [0.05, 0.1) is 11.3 Å². The van der Waals surface area contributed by atoms with Gasteiger partial charge in [-0.25, -0.2) is 8.42 Å². The maximum atomic E-state index is 12.9. The van der Waals surface area contributed by atoms with Crippen molar-refractivity contribution in [2.24, 2.45) is 5.73 Å². The van der Waals surface area contributed by atoms with Crippen LogP contribution in [-0.4, -0.2) is 54.7 Å². The molecule has 35 heavy (non-hydrogen) atoms. The summed E-state index contributed by atoms with van der Waals surface area (Å²) >= 11 is 1.32. The van der Waals surface area contributed by atoms with E-state index in [9.17, 15) is 31.5 Å². The predicted octanol–water partition coefficient (Wildman–Crippen LogP) is 3.56. The topological polar surface area (TPSA) is 125 Å². The predicted molar refractivity (Wildman–Crippen MR) is 127 cm³/mol. The number of para-hydroxylation sites is 1. The maximum absolute atomic E-state index is 12.9. The monoisotopic (exact) mass is 530 g/mol. The van der Waals surface area contributed by atoms with Gasteiger partial charge in [-0.2, -0.15) is 13.2 Å². The number of anilines is 2. The third-order valence-corrected chi connectivity index (χ3v) is 8.45. The quantitative estimate of drug-likeness (QED) is 0.450. The van der Waals surface area contributed by atoms with Crippen LogP contribution in [0.25, 0.3) is 0 Å². The molecule has 13 heteroatoms. The summed E-state index contributed by atoms with van der Waals surface area (Å²) in [5, 5.41) is 13.3. The lowest BCUT2D eigenvalue weighted by molar-refractivity contribution is -0.150. The number of nitrogens with two attached hydrogens (primary N) is 1. The number of carbonyl (C=O) groups excluding carboxylic acids is 1. The summed E-state index contributed by atoms with van der Waals surface area (Å²) in [4.78, 5) is 15.1. The number of nitrogens with one attached hydrogen (secondary N) is 2. The number of hydrogen-bond acceptors (Lipinski definition) is 7. The molecule has 2 aliphatic rings. The summed E-state index contributed by atoms with van der Waals surface area (Å²) in [6, 6.07) is 10.8. The molecule has 2 heterocycles. The second-order valence-corrected chi connectivity index (χ2v) is 11.5. The van der Waals surface area contributed by atoms with Gasteiger partial charge >= 0.3 is 6.18 Å². The average molecular weight is 531 g/mol. The molecule has 1 amide bonds. The van der Waals surface area contributed by atoms with Gasteiger partial charge in [-0.1, -0.05) is 17.8 Å². The first-order valence-electron chi connectivity index (χ1n) is 10.9. The SMILES string of the molecule is NC1Nc2c(cccc2S(=O)(=O)Nc2ccc(C(=O)N3CCC(O)(CCC(F)(F)F)CC3)cc2)S1. The second-order valence-electron chi connectivity index (χ2n) is 8.63. The summed E-state index contributed by atoms with van der Waals surface area (Å²) in [6.07, 6.45) is -5.68. The molecule has 0 saturated carbocycles. The number of fused-ring (bicyclic) bond motifs is 1. The first kappa shape index (κ1) is 25.6. The van der Waals surface area contributed by atoms with Gasteiger partial charge in [0.2, 0.25) is 0 Å². The van der Waals surface area contributed by atoms with Crippen LogP contribution in [0.15, 0.2) is 52.3 Å². The standard InChI is InChI=1S/C22H25F3N4O4S2/c23-22(24,25)9-8-21(31)10-12-29(13-11-21)19(30)14-4-6-15(7-5-14)28-35(32,33)17-3-1-2-16-18(17)27-20(26)34-16/h1-7,20,27-28,31H,8-13,26H2. The molecule has 8 nitrogen and oxygen atoms in total. The molecule has 1 atom stereocenters. The van der Waals surface area contributed by atoms with E-state index in [1.807, 2.05) is 0 Å². The largest absolute Gasteiger partial charge is 0.390 e. The highest BCUT2D eigenvalue weighted by Gasteiger charge is 2.38. The molecular formula is C22H25F3N4O4S2. The Morgan fingerprint density at radius 1 is 1.20 bits per heavy atom. The van der Waals surface area contributed by atoms with Gasteiger partial charge < -0.3 is 21.1 Å². The van der Waals surface area contributed by atoms with Gasteiger partial charge in [-0.15, -0.1) is 0 Å². The third-order valence-electron chi connectivity index (χ3n) is 6.06. The number of sulfonamides is 1. The Morgan fingerprint density at radius 3 is 2.49 bits per heavy atom.